The third-order valence-corrected chi connectivity index (χ3v) is 5.19. The van der Waals surface area contributed by atoms with Crippen molar-refractivity contribution in [3.05, 3.63) is 97.5 Å². The van der Waals surface area contributed by atoms with Gasteiger partial charge in [-0.1, -0.05) is 35.3 Å². The number of benzene rings is 1. The Morgan fingerprint density at radius 1 is 0.903 bits per heavy atom. The Kier molecular flexibility index (Phi) is 5.83. The average molecular weight is 456 g/mol. The maximum atomic E-state index is 13.2. The number of nitrogens with zero attached hydrogens (tertiary/aromatic N) is 4. The van der Waals surface area contributed by atoms with Gasteiger partial charge in [0.25, 0.3) is 5.56 Å². The molecule has 156 valence electrons. The Morgan fingerprint density at radius 2 is 1.65 bits per heavy atom. The number of nitrogens with one attached hydrogen (secondary N) is 1. The van der Waals surface area contributed by atoms with Crippen LogP contribution in [-0.4, -0.2) is 25.0 Å². The summed E-state index contributed by atoms with van der Waals surface area (Å²) < 4.78 is 2.19. The van der Waals surface area contributed by atoms with E-state index in [0.29, 0.717) is 5.69 Å². The molecule has 3 aromatic heterocycles. The number of amides is 1. The second kappa shape index (κ2) is 8.71. The van der Waals surface area contributed by atoms with Gasteiger partial charge in [0, 0.05) is 12.4 Å². The Morgan fingerprint density at radius 3 is 2.35 bits per heavy atom. The molecule has 1 aromatic carbocycles. The van der Waals surface area contributed by atoms with E-state index >= 15 is 0 Å². The lowest BCUT2D eigenvalue weighted by atomic mass is 10.3. The van der Waals surface area contributed by atoms with Crippen LogP contribution in [0.3, 0.4) is 0 Å². The normalized spacial score (nSPS) is 10.9. The summed E-state index contributed by atoms with van der Waals surface area (Å²) in [7, 11) is 0. The van der Waals surface area contributed by atoms with Gasteiger partial charge in [0.2, 0.25) is 5.91 Å². The van der Waals surface area contributed by atoms with Crippen LogP contribution in [-0.2, 0) is 17.9 Å². The van der Waals surface area contributed by atoms with E-state index in [-0.39, 0.29) is 39.9 Å². The Balaban J connectivity index is 1.77. The van der Waals surface area contributed by atoms with E-state index in [2.05, 4.69) is 15.3 Å². The molecule has 0 aliphatic carbocycles. The molecule has 0 bridgehead atoms. The summed E-state index contributed by atoms with van der Waals surface area (Å²) in [5, 5.41) is 3.15. The van der Waals surface area contributed by atoms with Gasteiger partial charge in [-0.05, 0) is 36.4 Å². The summed E-state index contributed by atoms with van der Waals surface area (Å²) in [5.74, 6) is -0.537. The predicted octanol–water partition coefficient (Wildman–Crippen LogP) is 2.95. The van der Waals surface area contributed by atoms with Crippen LogP contribution in [0.25, 0.3) is 11.0 Å². The molecule has 31 heavy (non-hydrogen) atoms. The number of aromatic nitrogens is 4. The van der Waals surface area contributed by atoms with Crippen molar-refractivity contribution in [2.75, 3.05) is 5.32 Å². The van der Waals surface area contributed by atoms with Crippen LogP contribution in [0.2, 0.25) is 10.0 Å². The molecule has 4 aromatic rings. The maximum absolute atomic E-state index is 13.2. The van der Waals surface area contributed by atoms with Gasteiger partial charge in [0.15, 0.2) is 5.52 Å². The van der Waals surface area contributed by atoms with Gasteiger partial charge in [-0.3, -0.25) is 23.7 Å². The molecule has 0 unspecified atom stereocenters. The fourth-order valence-corrected chi connectivity index (χ4v) is 3.62. The highest BCUT2D eigenvalue weighted by Crippen LogP contribution is 2.29. The van der Waals surface area contributed by atoms with E-state index in [4.69, 9.17) is 23.2 Å². The highest BCUT2D eigenvalue weighted by Gasteiger charge is 2.18. The molecule has 0 saturated carbocycles. The van der Waals surface area contributed by atoms with Gasteiger partial charge in [-0.2, -0.15) is 0 Å². The SMILES string of the molecule is O=C(Cn1c(=O)n(Cc2ccccn2)c(=O)c2ncccc21)Nc1c(Cl)cccc1Cl. The molecule has 0 spiro atoms. The number of carbonyl (C=O) groups excluding carboxylic acids is 1. The van der Waals surface area contributed by atoms with Crippen molar-refractivity contribution in [2.45, 2.75) is 13.1 Å². The Bertz CT molecular complexity index is 1380. The Hall–Kier alpha value is -3.49. The number of fused-ring (bicyclic) bond motifs is 1. The molecule has 0 radical (unpaired) electrons. The first-order chi connectivity index (χ1) is 15.0. The van der Waals surface area contributed by atoms with E-state index < -0.39 is 17.2 Å². The number of hydrogen-bond acceptors (Lipinski definition) is 5. The molecule has 1 amide bonds. The minimum absolute atomic E-state index is 0.0526. The first-order valence-corrected chi connectivity index (χ1v) is 9.93. The van der Waals surface area contributed by atoms with Crippen LogP contribution < -0.4 is 16.6 Å². The van der Waals surface area contributed by atoms with Crippen LogP contribution >= 0.6 is 23.2 Å². The molecule has 0 aliphatic heterocycles. The highest BCUT2D eigenvalue weighted by atomic mass is 35.5. The predicted molar refractivity (Wildman–Crippen MR) is 119 cm³/mol. The lowest BCUT2D eigenvalue weighted by Gasteiger charge is -2.14. The number of carbonyl (C=O) groups is 1. The quantitative estimate of drug-likeness (QED) is 0.498. The zero-order chi connectivity index (χ0) is 22.0. The monoisotopic (exact) mass is 455 g/mol. The highest BCUT2D eigenvalue weighted by molar-refractivity contribution is 6.39. The lowest BCUT2D eigenvalue weighted by molar-refractivity contribution is -0.116. The molecule has 1 N–H and O–H groups in total. The van der Waals surface area contributed by atoms with Crippen molar-refractivity contribution in [1.29, 1.82) is 0 Å². The van der Waals surface area contributed by atoms with Crippen molar-refractivity contribution < 1.29 is 4.79 Å². The van der Waals surface area contributed by atoms with E-state index in [1.165, 1.54) is 10.8 Å². The summed E-state index contributed by atoms with van der Waals surface area (Å²) in [6, 6.07) is 13.2. The van der Waals surface area contributed by atoms with Gasteiger partial charge in [-0.25, -0.2) is 9.78 Å². The second-order valence-electron chi connectivity index (χ2n) is 6.60. The van der Waals surface area contributed by atoms with Crippen LogP contribution in [0.15, 0.2) is 70.5 Å². The minimum Gasteiger partial charge on any atom is -0.322 e. The fourth-order valence-electron chi connectivity index (χ4n) is 3.13. The van der Waals surface area contributed by atoms with Gasteiger partial charge < -0.3 is 5.32 Å². The lowest BCUT2D eigenvalue weighted by Crippen LogP contribution is -2.42. The zero-order valence-corrected chi connectivity index (χ0v) is 17.5. The van der Waals surface area contributed by atoms with Gasteiger partial charge in [0.05, 0.1) is 33.5 Å². The molecule has 3 heterocycles. The van der Waals surface area contributed by atoms with E-state index in [0.717, 1.165) is 4.57 Å². The maximum Gasteiger partial charge on any atom is 0.332 e. The van der Waals surface area contributed by atoms with E-state index in [1.807, 2.05) is 0 Å². The smallest absolute Gasteiger partial charge is 0.322 e. The molecule has 4 rings (SSSR count). The number of anilines is 1. The van der Waals surface area contributed by atoms with Crippen molar-refractivity contribution >= 4 is 45.8 Å². The van der Waals surface area contributed by atoms with Crippen LogP contribution in [0.4, 0.5) is 5.69 Å². The number of para-hydroxylation sites is 1. The third-order valence-electron chi connectivity index (χ3n) is 4.56. The number of hydrogen-bond donors (Lipinski definition) is 1. The summed E-state index contributed by atoms with van der Waals surface area (Å²) >= 11 is 12.2. The van der Waals surface area contributed by atoms with Gasteiger partial charge in [0.1, 0.15) is 6.54 Å². The third kappa shape index (κ3) is 4.21. The number of pyridine rings is 2. The summed E-state index contributed by atoms with van der Waals surface area (Å²) in [5.41, 5.74) is -0.130. The molecule has 0 atom stereocenters. The number of rotatable bonds is 5. The molecule has 0 fully saturated rings. The topological polar surface area (TPSA) is 98.9 Å². The van der Waals surface area contributed by atoms with Crippen LogP contribution in [0.1, 0.15) is 5.69 Å². The zero-order valence-electron chi connectivity index (χ0n) is 16.0. The molecule has 0 saturated heterocycles. The molecule has 10 heteroatoms. The van der Waals surface area contributed by atoms with Crippen molar-refractivity contribution in [2.24, 2.45) is 0 Å². The van der Waals surface area contributed by atoms with E-state index in [9.17, 15) is 14.4 Å². The first-order valence-electron chi connectivity index (χ1n) is 9.18. The fraction of sp³-hybridized carbons (Fsp3) is 0.0952. The largest absolute Gasteiger partial charge is 0.332 e. The minimum atomic E-state index is -0.656. The summed E-state index contributed by atoms with van der Waals surface area (Å²) in [6.45, 7) is -0.423. The number of halogens is 2. The van der Waals surface area contributed by atoms with Crippen molar-refractivity contribution in [3.8, 4) is 0 Å². The first kappa shape index (κ1) is 20.8. The molecule has 8 nitrogen and oxygen atoms in total. The van der Waals surface area contributed by atoms with Crippen molar-refractivity contribution in [3.63, 3.8) is 0 Å². The van der Waals surface area contributed by atoms with Gasteiger partial charge >= 0.3 is 5.69 Å². The van der Waals surface area contributed by atoms with Gasteiger partial charge in [-0.15, -0.1) is 0 Å². The standard InChI is InChI=1S/C21H15Cl2N5O3/c22-14-6-3-7-15(23)18(14)26-17(29)12-27-16-8-4-10-25-19(16)20(30)28(21(27)31)11-13-5-1-2-9-24-13/h1-10H,11-12H2,(H,26,29). The van der Waals surface area contributed by atoms with Crippen LogP contribution in [0.5, 0.6) is 0 Å². The molecular formula is C21H15Cl2N5O3. The molecular weight excluding hydrogens is 441 g/mol. The summed E-state index contributed by atoms with van der Waals surface area (Å²) in [4.78, 5) is 47.1. The Labute approximate surface area is 185 Å². The average Bonchev–Trinajstić information content (AvgIpc) is 2.77. The summed E-state index contributed by atoms with van der Waals surface area (Å²) in [6.07, 6.45) is 3.02. The second-order valence-corrected chi connectivity index (χ2v) is 7.41. The van der Waals surface area contributed by atoms with Crippen molar-refractivity contribution in [1.82, 2.24) is 19.1 Å². The molecule has 0 aliphatic rings. The van der Waals surface area contributed by atoms with E-state index in [1.54, 1.807) is 54.7 Å². The van der Waals surface area contributed by atoms with Crippen LogP contribution in [0, 0.1) is 0 Å².